The van der Waals surface area contributed by atoms with E-state index in [2.05, 4.69) is 17.7 Å². The summed E-state index contributed by atoms with van der Waals surface area (Å²) in [5, 5.41) is 0. The maximum atomic E-state index is 13.9. The zero-order valence-electron chi connectivity index (χ0n) is 22.8. The van der Waals surface area contributed by atoms with E-state index in [1.165, 1.54) is 31.4 Å². The maximum Gasteiger partial charge on any atom is 0.423 e. The van der Waals surface area contributed by atoms with Crippen LogP contribution in [0.1, 0.15) is 48.3 Å². The van der Waals surface area contributed by atoms with Crippen LogP contribution in [0.3, 0.4) is 0 Å². The van der Waals surface area contributed by atoms with Crippen LogP contribution >= 0.6 is 0 Å². The number of terminal acetylenes is 1. The summed E-state index contributed by atoms with van der Waals surface area (Å²) < 4.78 is 65.9. The Kier molecular flexibility index (Phi) is 9.51. The van der Waals surface area contributed by atoms with E-state index in [1.807, 2.05) is 0 Å². The van der Waals surface area contributed by atoms with Crippen LogP contribution < -0.4 is 11.2 Å². The van der Waals surface area contributed by atoms with Gasteiger partial charge in [-0.15, -0.1) is 6.42 Å². The first-order valence-corrected chi connectivity index (χ1v) is 13.2. The smallest absolute Gasteiger partial charge is 0.363 e. The fourth-order valence-corrected chi connectivity index (χ4v) is 5.07. The van der Waals surface area contributed by atoms with Gasteiger partial charge in [-0.1, -0.05) is 31.0 Å². The highest BCUT2D eigenvalue weighted by Crippen LogP contribution is 2.34. The van der Waals surface area contributed by atoms with Gasteiger partial charge in [-0.3, -0.25) is 14.2 Å². The molecule has 0 saturated carbocycles. The van der Waals surface area contributed by atoms with E-state index in [9.17, 15) is 27.6 Å². The first-order valence-electron chi connectivity index (χ1n) is 13.2. The molecule has 0 aliphatic carbocycles. The minimum absolute atomic E-state index is 0.0237. The number of benzene rings is 1. The molecule has 2 aliphatic heterocycles. The molecule has 3 heterocycles. The van der Waals surface area contributed by atoms with Gasteiger partial charge in [0.05, 0.1) is 12.7 Å². The third kappa shape index (κ3) is 6.63. The molecule has 3 atom stereocenters. The number of ether oxygens (including phenoxy) is 4. The number of piperidine rings is 1. The molecule has 2 aromatic rings. The maximum absolute atomic E-state index is 13.9. The number of carbonyl (C=O) groups excluding carboxylic acids is 1. The topological polar surface area (TPSA) is 101 Å². The summed E-state index contributed by atoms with van der Waals surface area (Å²) in [6.07, 6.45) is -1.24. The summed E-state index contributed by atoms with van der Waals surface area (Å²) in [7, 11) is 1.54. The second kappa shape index (κ2) is 12.7. The van der Waals surface area contributed by atoms with Crippen LogP contribution in [0.15, 0.2) is 46.1 Å². The number of alkyl halides is 3. The number of halogens is 3. The molecule has 0 N–H and O–H groups in total. The van der Waals surface area contributed by atoms with E-state index in [0.717, 1.165) is 19.6 Å². The zero-order valence-corrected chi connectivity index (χ0v) is 22.8. The Bertz CT molecular complexity index is 1380. The molecule has 0 spiro atoms. The molecule has 1 aromatic carbocycles. The molecule has 0 radical (unpaired) electrons. The van der Waals surface area contributed by atoms with Crippen molar-refractivity contribution in [1.82, 2.24) is 14.0 Å². The standard InChI is InChI=1S/C28H32F3N3O7/c1-4-15-39-21-16-23(41-22(21)18-40-27(38-3)11-13-32(5-2)14-12-27)33-17-20(28(29,30)31)25(36)34(26(33)37)24(35)19-9-7-6-8-10-19/h1,6-10,17,21-23H,5,11-16,18H2,2-3H3/t21-,22+,23+/m0/s1. The quantitative estimate of drug-likeness (QED) is 0.330. The molecule has 10 nitrogen and oxygen atoms in total. The van der Waals surface area contributed by atoms with Crippen molar-refractivity contribution in [1.29, 1.82) is 0 Å². The SMILES string of the molecule is C#CCO[C@H]1C[C@H](n2cc(C(F)(F)F)c(=O)n(C(=O)c3ccccc3)c2=O)O[C@@H]1COC1(OC)CCN(CC)CC1. The van der Waals surface area contributed by atoms with Crippen LogP contribution in [-0.4, -0.2) is 77.9 Å². The normalized spacial score (nSPS) is 22.9. The zero-order chi connectivity index (χ0) is 29.8. The van der Waals surface area contributed by atoms with Crippen molar-refractivity contribution in [2.24, 2.45) is 0 Å². The number of aromatic nitrogens is 2. The van der Waals surface area contributed by atoms with Gasteiger partial charge in [0.1, 0.15) is 24.5 Å². The molecule has 0 unspecified atom stereocenters. The number of carbonyl (C=O) groups is 1. The minimum Gasteiger partial charge on any atom is -0.363 e. The molecular weight excluding hydrogens is 547 g/mol. The van der Waals surface area contributed by atoms with Crippen molar-refractivity contribution >= 4 is 5.91 Å². The Labute approximate surface area is 234 Å². The monoisotopic (exact) mass is 579 g/mol. The van der Waals surface area contributed by atoms with Gasteiger partial charge >= 0.3 is 11.9 Å². The summed E-state index contributed by atoms with van der Waals surface area (Å²) in [6, 6.07) is 7.08. The van der Waals surface area contributed by atoms with Crippen molar-refractivity contribution in [2.45, 2.75) is 56.6 Å². The van der Waals surface area contributed by atoms with Crippen LogP contribution in [0, 0.1) is 12.3 Å². The number of nitrogens with zero attached hydrogens (tertiary/aromatic N) is 3. The Hall–Kier alpha value is -3.28. The number of methoxy groups -OCH3 is 1. The molecule has 13 heteroatoms. The summed E-state index contributed by atoms with van der Waals surface area (Å²) >= 11 is 0. The fraction of sp³-hybridized carbons (Fsp3) is 0.536. The Morgan fingerprint density at radius 3 is 2.46 bits per heavy atom. The van der Waals surface area contributed by atoms with Gasteiger partial charge in [-0.25, -0.2) is 4.79 Å². The fourth-order valence-electron chi connectivity index (χ4n) is 5.07. The average Bonchev–Trinajstić information content (AvgIpc) is 3.37. The van der Waals surface area contributed by atoms with Crippen LogP contribution in [0.5, 0.6) is 0 Å². The molecule has 0 amide bonds. The van der Waals surface area contributed by atoms with Gasteiger partial charge in [0.25, 0.3) is 11.5 Å². The predicted octanol–water partition coefficient (Wildman–Crippen LogP) is 2.50. The highest BCUT2D eigenvalue weighted by Gasteiger charge is 2.43. The lowest BCUT2D eigenvalue weighted by molar-refractivity contribution is -0.258. The third-order valence-electron chi connectivity index (χ3n) is 7.46. The van der Waals surface area contributed by atoms with Crippen molar-refractivity contribution in [2.75, 3.05) is 40.0 Å². The van der Waals surface area contributed by atoms with Crippen molar-refractivity contribution < 1.29 is 36.9 Å². The van der Waals surface area contributed by atoms with Crippen molar-refractivity contribution in [3.05, 3.63) is 68.5 Å². The van der Waals surface area contributed by atoms with Gasteiger partial charge in [0.2, 0.25) is 0 Å². The summed E-state index contributed by atoms with van der Waals surface area (Å²) in [5.74, 6) is 0.254. The van der Waals surface area contributed by atoms with E-state index >= 15 is 0 Å². The highest BCUT2D eigenvalue weighted by molar-refractivity contribution is 5.95. The first-order chi connectivity index (χ1) is 19.5. The van der Waals surface area contributed by atoms with E-state index in [1.54, 1.807) is 6.07 Å². The lowest BCUT2D eigenvalue weighted by Gasteiger charge is -2.40. The van der Waals surface area contributed by atoms with Gasteiger partial charge in [0, 0.05) is 51.2 Å². The van der Waals surface area contributed by atoms with E-state index in [-0.39, 0.29) is 29.8 Å². The lowest BCUT2D eigenvalue weighted by atomic mass is 10.0. The van der Waals surface area contributed by atoms with Crippen LogP contribution in [0.2, 0.25) is 0 Å². The van der Waals surface area contributed by atoms with Gasteiger partial charge < -0.3 is 23.8 Å². The van der Waals surface area contributed by atoms with Crippen molar-refractivity contribution in [3.8, 4) is 12.3 Å². The minimum atomic E-state index is -5.15. The van der Waals surface area contributed by atoms with Crippen LogP contribution in [-0.2, 0) is 25.1 Å². The lowest BCUT2D eigenvalue weighted by Crippen LogP contribution is -2.49. The van der Waals surface area contributed by atoms with Crippen molar-refractivity contribution in [3.63, 3.8) is 0 Å². The first kappa shape index (κ1) is 30.7. The predicted molar refractivity (Wildman–Crippen MR) is 140 cm³/mol. The van der Waals surface area contributed by atoms with Crippen LogP contribution in [0.25, 0.3) is 0 Å². The Morgan fingerprint density at radius 1 is 1.20 bits per heavy atom. The summed E-state index contributed by atoms with van der Waals surface area (Å²) in [4.78, 5) is 41.5. The number of hydrogen-bond donors (Lipinski definition) is 0. The van der Waals surface area contributed by atoms with E-state index in [4.69, 9.17) is 25.4 Å². The molecule has 0 bridgehead atoms. The molecule has 41 heavy (non-hydrogen) atoms. The number of rotatable bonds is 9. The molecule has 2 fully saturated rings. The molecule has 222 valence electrons. The van der Waals surface area contributed by atoms with Crippen LogP contribution in [0.4, 0.5) is 13.2 Å². The number of likely N-dealkylation sites (tertiary alicyclic amines) is 1. The van der Waals surface area contributed by atoms with Gasteiger partial charge in [-0.05, 0) is 18.7 Å². The largest absolute Gasteiger partial charge is 0.423 e. The van der Waals surface area contributed by atoms with E-state index in [0.29, 0.717) is 23.6 Å². The average molecular weight is 580 g/mol. The molecule has 1 aromatic heterocycles. The third-order valence-corrected chi connectivity index (χ3v) is 7.46. The highest BCUT2D eigenvalue weighted by atomic mass is 19.4. The second-order valence-corrected chi connectivity index (χ2v) is 9.82. The van der Waals surface area contributed by atoms with Gasteiger partial charge in [0.15, 0.2) is 5.79 Å². The second-order valence-electron chi connectivity index (χ2n) is 9.82. The van der Waals surface area contributed by atoms with E-state index < -0.39 is 53.1 Å². The summed E-state index contributed by atoms with van der Waals surface area (Å²) in [6.45, 7) is 4.27. The summed E-state index contributed by atoms with van der Waals surface area (Å²) in [5.41, 5.74) is -4.87. The molecule has 4 rings (SSSR count). The Morgan fingerprint density at radius 2 is 1.88 bits per heavy atom. The molecule has 2 saturated heterocycles. The molecule has 2 aliphatic rings. The number of hydrogen-bond acceptors (Lipinski definition) is 8. The Balaban J connectivity index is 1.66. The molecular formula is C28H32F3N3O7. The van der Waals surface area contributed by atoms with Gasteiger partial charge in [-0.2, -0.15) is 17.7 Å².